The first kappa shape index (κ1) is 30.0. The molecular formula is C36H39N7O2. The highest BCUT2D eigenvalue weighted by atomic mass is 16.2. The SMILES string of the molecule is Cc1c(NC(=O)c2ccc(C(C)(C)C)cc2)cccc1-c1cc(Nc2ccc(C(=O)N3CCN(C)CC3)cn2)c2nccn2c1. The van der Waals surface area contributed by atoms with Crippen LogP contribution < -0.4 is 10.6 Å². The normalized spacial score (nSPS) is 14.0. The summed E-state index contributed by atoms with van der Waals surface area (Å²) in [5.41, 5.74) is 7.55. The van der Waals surface area contributed by atoms with E-state index in [9.17, 15) is 9.59 Å². The molecule has 2 amide bonds. The molecule has 230 valence electrons. The molecule has 6 rings (SSSR count). The molecule has 5 aromatic rings. The Balaban J connectivity index is 1.23. The number of nitrogens with one attached hydrogen (secondary N) is 2. The molecular weight excluding hydrogens is 562 g/mol. The van der Waals surface area contributed by atoms with Crippen molar-refractivity contribution >= 4 is 34.7 Å². The molecule has 0 spiro atoms. The van der Waals surface area contributed by atoms with Crippen LogP contribution in [0.2, 0.25) is 0 Å². The quantitative estimate of drug-likeness (QED) is 0.234. The first-order valence-corrected chi connectivity index (χ1v) is 15.3. The Kier molecular flexibility index (Phi) is 8.12. The number of aromatic nitrogens is 3. The topological polar surface area (TPSA) is 94.9 Å². The summed E-state index contributed by atoms with van der Waals surface area (Å²) in [7, 11) is 2.07. The minimum absolute atomic E-state index is 0.00386. The molecule has 45 heavy (non-hydrogen) atoms. The van der Waals surface area contributed by atoms with Crippen LogP contribution >= 0.6 is 0 Å². The van der Waals surface area contributed by atoms with E-state index in [1.54, 1.807) is 12.4 Å². The van der Waals surface area contributed by atoms with Crippen LogP contribution in [0.1, 0.15) is 52.6 Å². The first-order valence-electron chi connectivity index (χ1n) is 15.3. The van der Waals surface area contributed by atoms with E-state index in [-0.39, 0.29) is 17.2 Å². The fraction of sp³-hybridized carbons (Fsp3) is 0.278. The van der Waals surface area contributed by atoms with Gasteiger partial charge in [0, 0.05) is 67.8 Å². The number of hydrogen-bond acceptors (Lipinski definition) is 6. The first-order chi connectivity index (χ1) is 21.6. The van der Waals surface area contributed by atoms with Crippen LogP contribution in [0.15, 0.2) is 85.5 Å². The third-order valence-electron chi connectivity index (χ3n) is 8.46. The van der Waals surface area contributed by atoms with Crippen molar-refractivity contribution in [2.45, 2.75) is 33.1 Å². The number of piperazine rings is 1. The number of rotatable bonds is 6. The molecule has 0 bridgehead atoms. The van der Waals surface area contributed by atoms with Gasteiger partial charge in [-0.1, -0.05) is 45.0 Å². The van der Waals surface area contributed by atoms with Crippen molar-refractivity contribution in [2.24, 2.45) is 0 Å². The van der Waals surface area contributed by atoms with E-state index in [1.165, 1.54) is 5.56 Å². The zero-order valence-electron chi connectivity index (χ0n) is 26.5. The highest BCUT2D eigenvalue weighted by Gasteiger charge is 2.21. The van der Waals surface area contributed by atoms with Gasteiger partial charge in [0.05, 0.1) is 11.3 Å². The molecule has 0 saturated carbocycles. The van der Waals surface area contributed by atoms with E-state index in [4.69, 9.17) is 0 Å². The second-order valence-electron chi connectivity index (χ2n) is 12.7. The Hall–Kier alpha value is -5.02. The Labute approximate surface area is 263 Å². The second kappa shape index (κ2) is 12.2. The standard InChI is InChI=1S/C36H39N7O2/c1-24-29(7-6-8-30(24)40-34(44)25-9-12-28(13-10-25)36(2,3)4)27-21-31(33-37-15-16-43(33)23-27)39-32-14-11-26(22-38-32)35(45)42-19-17-41(5)18-20-42/h6-16,21-23H,17-20H2,1-5H3,(H,38,39)(H,40,44). The summed E-state index contributed by atoms with van der Waals surface area (Å²) >= 11 is 0. The number of anilines is 3. The molecule has 9 nitrogen and oxygen atoms in total. The van der Waals surface area contributed by atoms with Crippen LogP contribution in [-0.2, 0) is 5.41 Å². The van der Waals surface area contributed by atoms with Crippen molar-refractivity contribution in [2.75, 3.05) is 43.9 Å². The zero-order valence-corrected chi connectivity index (χ0v) is 26.5. The van der Waals surface area contributed by atoms with Gasteiger partial charge in [0.15, 0.2) is 5.65 Å². The van der Waals surface area contributed by atoms with E-state index in [0.717, 1.165) is 59.9 Å². The molecule has 2 aromatic carbocycles. The Bertz CT molecular complexity index is 1850. The third kappa shape index (κ3) is 6.44. The van der Waals surface area contributed by atoms with Crippen LogP contribution in [0.4, 0.5) is 17.2 Å². The summed E-state index contributed by atoms with van der Waals surface area (Å²) in [6.07, 6.45) is 7.31. The van der Waals surface area contributed by atoms with Gasteiger partial charge in [0.25, 0.3) is 11.8 Å². The van der Waals surface area contributed by atoms with Gasteiger partial charge >= 0.3 is 0 Å². The molecule has 0 unspecified atom stereocenters. The van der Waals surface area contributed by atoms with Crippen LogP contribution in [0.25, 0.3) is 16.8 Å². The van der Waals surface area contributed by atoms with Crippen molar-refractivity contribution in [3.05, 3.63) is 108 Å². The fourth-order valence-electron chi connectivity index (χ4n) is 5.60. The fourth-order valence-corrected chi connectivity index (χ4v) is 5.60. The highest BCUT2D eigenvalue weighted by molar-refractivity contribution is 6.05. The van der Waals surface area contributed by atoms with Crippen molar-refractivity contribution in [1.29, 1.82) is 0 Å². The van der Waals surface area contributed by atoms with Crippen LogP contribution in [0, 0.1) is 6.92 Å². The van der Waals surface area contributed by atoms with Crippen LogP contribution in [0.3, 0.4) is 0 Å². The zero-order chi connectivity index (χ0) is 31.7. The summed E-state index contributed by atoms with van der Waals surface area (Å²) in [5.74, 6) is 0.468. The number of fused-ring (bicyclic) bond motifs is 1. The Morgan fingerprint density at radius 3 is 2.29 bits per heavy atom. The molecule has 9 heteroatoms. The van der Waals surface area contributed by atoms with Crippen LogP contribution in [0.5, 0.6) is 0 Å². The lowest BCUT2D eigenvalue weighted by molar-refractivity contribution is 0.0663. The maximum Gasteiger partial charge on any atom is 0.255 e. The van der Waals surface area contributed by atoms with Crippen molar-refractivity contribution in [1.82, 2.24) is 24.2 Å². The smallest absolute Gasteiger partial charge is 0.255 e. The summed E-state index contributed by atoms with van der Waals surface area (Å²) in [6, 6.07) is 19.4. The lowest BCUT2D eigenvalue weighted by Gasteiger charge is -2.32. The van der Waals surface area contributed by atoms with E-state index >= 15 is 0 Å². The molecule has 0 atom stereocenters. The Morgan fingerprint density at radius 1 is 0.867 bits per heavy atom. The number of benzene rings is 2. The average molecular weight is 602 g/mol. The van der Waals surface area contributed by atoms with E-state index in [1.807, 2.05) is 89.3 Å². The number of hydrogen-bond donors (Lipinski definition) is 2. The molecule has 0 radical (unpaired) electrons. The number of nitrogens with zero attached hydrogens (tertiary/aromatic N) is 5. The van der Waals surface area contributed by atoms with Gasteiger partial charge < -0.3 is 24.8 Å². The minimum Gasteiger partial charge on any atom is -0.337 e. The van der Waals surface area contributed by atoms with Crippen molar-refractivity contribution in [3.63, 3.8) is 0 Å². The maximum atomic E-state index is 13.2. The van der Waals surface area contributed by atoms with Gasteiger partial charge in [0.1, 0.15) is 5.82 Å². The number of pyridine rings is 2. The van der Waals surface area contributed by atoms with Gasteiger partial charge in [-0.3, -0.25) is 9.59 Å². The highest BCUT2D eigenvalue weighted by Crippen LogP contribution is 2.33. The van der Waals surface area contributed by atoms with Gasteiger partial charge in [-0.2, -0.15) is 0 Å². The average Bonchev–Trinajstić information content (AvgIpc) is 3.51. The molecule has 4 heterocycles. The lowest BCUT2D eigenvalue weighted by Crippen LogP contribution is -2.47. The predicted octanol–water partition coefficient (Wildman–Crippen LogP) is 6.39. The number of likely N-dealkylation sites (N-methyl/N-ethyl adjacent to an activating group) is 1. The van der Waals surface area contributed by atoms with Gasteiger partial charge in [-0.15, -0.1) is 0 Å². The third-order valence-corrected chi connectivity index (χ3v) is 8.46. The Morgan fingerprint density at radius 2 is 1.60 bits per heavy atom. The van der Waals surface area contributed by atoms with Crippen molar-refractivity contribution < 1.29 is 9.59 Å². The monoisotopic (exact) mass is 601 g/mol. The number of carbonyl (C=O) groups excluding carboxylic acids is 2. The summed E-state index contributed by atoms with van der Waals surface area (Å²) in [5, 5.41) is 6.51. The largest absolute Gasteiger partial charge is 0.337 e. The molecule has 1 aliphatic rings. The molecule has 1 aliphatic heterocycles. The molecule has 3 aromatic heterocycles. The second-order valence-corrected chi connectivity index (χ2v) is 12.7. The summed E-state index contributed by atoms with van der Waals surface area (Å²) < 4.78 is 1.96. The predicted molar refractivity (Wildman–Crippen MR) is 179 cm³/mol. The number of carbonyl (C=O) groups is 2. The van der Waals surface area contributed by atoms with Gasteiger partial charge in [-0.25, -0.2) is 9.97 Å². The molecule has 0 aliphatic carbocycles. The van der Waals surface area contributed by atoms with Crippen molar-refractivity contribution in [3.8, 4) is 11.1 Å². The van der Waals surface area contributed by atoms with E-state index < -0.39 is 0 Å². The lowest BCUT2D eigenvalue weighted by atomic mass is 9.86. The van der Waals surface area contributed by atoms with Gasteiger partial charge in [0.2, 0.25) is 0 Å². The molecule has 1 saturated heterocycles. The molecule has 2 N–H and O–H groups in total. The number of imidazole rings is 1. The van der Waals surface area contributed by atoms with Crippen LogP contribution in [-0.4, -0.2) is 69.2 Å². The maximum absolute atomic E-state index is 13.2. The number of amides is 2. The summed E-state index contributed by atoms with van der Waals surface area (Å²) in [6.45, 7) is 11.7. The minimum atomic E-state index is -0.149. The van der Waals surface area contributed by atoms with Gasteiger partial charge in [-0.05, 0) is 72.5 Å². The van der Waals surface area contributed by atoms with E-state index in [2.05, 4.69) is 53.3 Å². The summed E-state index contributed by atoms with van der Waals surface area (Å²) in [4.78, 5) is 39.4. The van der Waals surface area contributed by atoms with E-state index in [0.29, 0.717) is 16.9 Å². The molecule has 1 fully saturated rings.